The summed E-state index contributed by atoms with van der Waals surface area (Å²) in [5, 5.41) is 0. The Labute approximate surface area is 141 Å². The minimum Gasteiger partial charge on any atom is -0.489 e. The largest absolute Gasteiger partial charge is 0.489 e. The monoisotopic (exact) mass is 320 g/mol. The number of benzene rings is 2. The Morgan fingerprint density at radius 3 is 2.42 bits per heavy atom. The highest BCUT2D eigenvalue weighted by Gasteiger charge is 2.07. The molecule has 1 heterocycles. The van der Waals surface area contributed by atoms with E-state index in [1.165, 1.54) is 0 Å². The highest BCUT2D eigenvalue weighted by molar-refractivity contribution is 5.56. The molecule has 0 aliphatic heterocycles. The van der Waals surface area contributed by atoms with Gasteiger partial charge in [-0.05, 0) is 35.7 Å². The van der Waals surface area contributed by atoms with Crippen molar-refractivity contribution in [1.29, 1.82) is 0 Å². The summed E-state index contributed by atoms with van der Waals surface area (Å²) in [6.45, 7) is 4.57. The molecule has 0 saturated carbocycles. The molecule has 1 N–H and O–H groups in total. The van der Waals surface area contributed by atoms with Crippen molar-refractivity contribution in [3.05, 3.63) is 82.3 Å². The molecule has 0 spiro atoms. The van der Waals surface area contributed by atoms with Gasteiger partial charge < -0.3 is 9.72 Å². The van der Waals surface area contributed by atoms with Crippen LogP contribution in [0.1, 0.15) is 31.0 Å². The van der Waals surface area contributed by atoms with E-state index in [2.05, 4.69) is 9.97 Å². The Hall–Kier alpha value is -2.88. The second kappa shape index (κ2) is 7.13. The fourth-order valence-corrected chi connectivity index (χ4v) is 2.36. The summed E-state index contributed by atoms with van der Waals surface area (Å²) in [6.07, 6.45) is 0. The highest BCUT2D eigenvalue weighted by atomic mass is 16.5. The van der Waals surface area contributed by atoms with Gasteiger partial charge in [-0.15, -0.1) is 0 Å². The van der Waals surface area contributed by atoms with E-state index in [4.69, 9.17) is 4.74 Å². The van der Waals surface area contributed by atoms with Crippen LogP contribution in [0.3, 0.4) is 0 Å². The molecule has 0 radical (unpaired) electrons. The van der Waals surface area contributed by atoms with E-state index in [1.54, 1.807) is 6.07 Å². The van der Waals surface area contributed by atoms with Crippen molar-refractivity contribution in [2.24, 2.45) is 0 Å². The van der Waals surface area contributed by atoms with Crippen molar-refractivity contribution in [3.8, 4) is 17.1 Å². The first-order valence-corrected chi connectivity index (χ1v) is 8.00. The summed E-state index contributed by atoms with van der Waals surface area (Å²) < 4.78 is 5.78. The van der Waals surface area contributed by atoms with Crippen LogP contribution in [0.25, 0.3) is 11.4 Å². The standard InChI is InChI=1S/C20H20N2O2/c1-14(2)18-12-19(23)22-20(21-18)16-8-10-17(11-9-16)24-13-15-6-4-3-5-7-15/h3-12,14H,13H2,1-2H3,(H,21,22,23). The maximum Gasteiger partial charge on any atom is 0.251 e. The third-order valence-corrected chi connectivity index (χ3v) is 3.73. The van der Waals surface area contributed by atoms with Crippen molar-refractivity contribution in [1.82, 2.24) is 9.97 Å². The van der Waals surface area contributed by atoms with E-state index in [-0.39, 0.29) is 11.5 Å². The molecular formula is C20H20N2O2. The number of aromatic nitrogens is 2. The summed E-state index contributed by atoms with van der Waals surface area (Å²) in [5.41, 5.74) is 2.64. The zero-order valence-corrected chi connectivity index (χ0v) is 13.8. The van der Waals surface area contributed by atoms with Crippen LogP contribution in [0, 0.1) is 0 Å². The van der Waals surface area contributed by atoms with Crippen molar-refractivity contribution < 1.29 is 4.74 Å². The Bertz CT molecular complexity index is 853. The normalized spacial score (nSPS) is 10.8. The number of aromatic amines is 1. The van der Waals surface area contributed by atoms with E-state index in [0.717, 1.165) is 22.6 Å². The molecule has 24 heavy (non-hydrogen) atoms. The Morgan fingerprint density at radius 1 is 1.04 bits per heavy atom. The fraction of sp³-hybridized carbons (Fsp3) is 0.200. The molecule has 1 aromatic heterocycles. The lowest BCUT2D eigenvalue weighted by Gasteiger charge is -2.09. The smallest absolute Gasteiger partial charge is 0.251 e. The maximum absolute atomic E-state index is 11.8. The first kappa shape index (κ1) is 16.0. The quantitative estimate of drug-likeness (QED) is 0.768. The molecule has 3 aromatic rings. The molecule has 0 atom stereocenters. The Kier molecular flexibility index (Phi) is 4.75. The summed E-state index contributed by atoms with van der Waals surface area (Å²) >= 11 is 0. The van der Waals surface area contributed by atoms with Gasteiger partial charge in [0.2, 0.25) is 0 Å². The lowest BCUT2D eigenvalue weighted by molar-refractivity contribution is 0.306. The van der Waals surface area contributed by atoms with Crippen molar-refractivity contribution >= 4 is 0 Å². The first-order valence-electron chi connectivity index (χ1n) is 8.00. The van der Waals surface area contributed by atoms with Gasteiger partial charge in [-0.2, -0.15) is 0 Å². The van der Waals surface area contributed by atoms with Crippen LogP contribution in [-0.4, -0.2) is 9.97 Å². The molecule has 3 rings (SSSR count). The van der Waals surface area contributed by atoms with Gasteiger partial charge in [0.25, 0.3) is 5.56 Å². The first-order chi connectivity index (χ1) is 11.6. The van der Waals surface area contributed by atoms with Gasteiger partial charge in [-0.25, -0.2) is 4.98 Å². The van der Waals surface area contributed by atoms with Gasteiger partial charge in [0.05, 0.1) is 5.69 Å². The van der Waals surface area contributed by atoms with Crippen LogP contribution in [0.5, 0.6) is 5.75 Å². The Balaban J connectivity index is 1.76. The second-order valence-corrected chi connectivity index (χ2v) is 5.97. The molecule has 4 nitrogen and oxygen atoms in total. The van der Waals surface area contributed by atoms with E-state index in [1.807, 2.05) is 68.4 Å². The average Bonchev–Trinajstić information content (AvgIpc) is 2.61. The zero-order chi connectivity index (χ0) is 16.9. The van der Waals surface area contributed by atoms with Gasteiger partial charge >= 0.3 is 0 Å². The summed E-state index contributed by atoms with van der Waals surface area (Å²) in [4.78, 5) is 19.1. The van der Waals surface area contributed by atoms with Crippen LogP contribution in [0.2, 0.25) is 0 Å². The van der Waals surface area contributed by atoms with Crippen molar-refractivity contribution in [2.45, 2.75) is 26.4 Å². The van der Waals surface area contributed by atoms with E-state index < -0.39 is 0 Å². The molecule has 0 bridgehead atoms. The third-order valence-electron chi connectivity index (χ3n) is 3.73. The van der Waals surface area contributed by atoms with Crippen molar-refractivity contribution in [2.75, 3.05) is 0 Å². The van der Waals surface area contributed by atoms with Crippen molar-refractivity contribution in [3.63, 3.8) is 0 Å². The van der Waals surface area contributed by atoms with E-state index >= 15 is 0 Å². The second-order valence-electron chi connectivity index (χ2n) is 5.97. The number of rotatable bonds is 5. The van der Waals surface area contributed by atoms with Gasteiger partial charge in [0.1, 0.15) is 18.2 Å². The van der Waals surface area contributed by atoms with Gasteiger partial charge in [0, 0.05) is 11.6 Å². The lowest BCUT2D eigenvalue weighted by atomic mass is 10.1. The zero-order valence-electron chi connectivity index (χ0n) is 13.8. The predicted octanol–water partition coefficient (Wildman–Crippen LogP) is 4.14. The molecule has 4 heteroatoms. The molecule has 0 amide bonds. The summed E-state index contributed by atoms with van der Waals surface area (Å²) in [6, 6.07) is 19.2. The topological polar surface area (TPSA) is 55.0 Å². The van der Waals surface area contributed by atoms with Gasteiger partial charge in [0.15, 0.2) is 0 Å². The van der Waals surface area contributed by atoms with Crippen LogP contribution in [0.4, 0.5) is 0 Å². The average molecular weight is 320 g/mol. The summed E-state index contributed by atoms with van der Waals surface area (Å²) in [7, 11) is 0. The number of nitrogens with one attached hydrogen (secondary N) is 1. The van der Waals surface area contributed by atoms with Crippen LogP contribution >= 0.6 is 0 Å². The van der Waals surface area contributed by atoms with E-state index in [9.17, 15) is 4.79 Å². The number of H-pyrrole nitrogens is 1. The molecule has 122 valence electrons. The minimum atomic E-state index is -0.131. The van der Waals surface area contributed by atoms with Gasteiger partial charge in [-0.3, -0.25) is 4.79 Å². The van der Waals surface area contributed by atoms with Gasteiger partial charge in [-0.1, -0.05) is 44.2 Å². The Morgan fingerprint density at radius 2 is 1.75 bits per heavy atom. The number of ether oxygens (including phenoxy) is 1. The molecule has 0 aliphatic carbocycles. The molecule has 0 saturated heterocycles. The third kappa shape index (κ3) is 3.90. The number of hydrogen-bond donors (Lipinski definition) is 1. The van der Waals surface area contributed by atoms with Crippen LogP contribution in [-0.2, 0) is 6.61 Å². The van der Waals surface area contributed by atoms with E-state index in [0.29, 0.717) is 12.4 Å². The lowest BCUT2D eigenvalue weighted by Crippen LogP contribution is -2.11. The fourth-order valence-electron chi connectivity index (χ4n) is 2.36. The minimum absolute atomic E-state index is 0.131. The number of hydrogen-bond acceptors (Lipinski definition) is 3. The van der Waals surface area contributed by atoms with Crippen LogP contribution in [0.15, 0.2) is 65.5 Å². The maximum atomic E-state index is 11.8. The summed E-state index contributed by atoms with van der Waals surface area (Å²) in [5.74, 6) is 1.57. The highest BCUT2D eigenvalue weighted by Crippen LogP contribution is 2.21. The number of nitrogens with zero attached hydrogens (tertiary/aromatic N) is 1. The van der Waals surface area contributed by atoms with Crippen LogP contribution < -0.4 is 10.3 Å². The molecule has 0 aliphatic rings. The predicted molar refractivity (Wildman–Crippen MR) is 95.2 cm³/mol. The molecule has 0 unspecified atom stereocenters. The molecular weight excluding hydrogens is 300 g/mol. The molecule has 0 fully saturated rings. The molecule has 2 aromatic carbocycles. The SMILES string of the molecule is CC(C)c1cc(=O)[nH]c(-c2ccc(OCc3ccccc3)cc2)n1.